The summed E-state index contributed by atoms with van der Waals surface area (Å²) in [6, 6.07) is 13.6. The van der Waals surface area contributed by atoms with Gasteiger partial charge in [-0.25, -0.2) is 4.98 Å². The maximum absolute atomic E-state index is 12.2. The summed E-state index contributed by atoms with van der Waals surface area (Å²) in [7, 11) is 0. The first kappa shape index (κ1) is 12.1. The van der Waals surface area contributed by atoms with Crippen molar-refractivity contribution in [2.45, 2.75) is 6.54 Å². The van der Waals surface area contributed by atoms with Crippen molar-refractivity contribution in [3.63, 3.8) is 0 Å². The molecule has 5 heteroatoms. The van der Waals surface area contributed by atoms with Gasteiger partial charge in [0.2, 0.25) is 0 Å². The van der Waals surface area contributed by atoms with Crippen LogP contribution >= 0.6 is 0 Å². The summed E-state index contributed by atoms with van der Waals surface area (Å²) in [5.41, 5.74) is 1.60. The Balaban J connectivity index is 1.92. The highest BCUT2D eigenvalue weighted by Gasteiger charge is 2.35. The summed E-state index contributed by atoms with van der Waals surface area (Å²) < 4.78 is 0. The second-order valence-electron chi connectivity index (χ2n) is 4.37. The Morgan fingerprint density at radius 1 is 1.00 bits per heavy atom. The third kappa shape index (κ3) is 1.84. The number of carbonyl (C=O) groups excluding carboxylic acids is 2. The molecule has 0 N–H and O–H groups in total. The second kappa shape index (κ2) is 4.59. The predicted molar refractivity (Wildman–Crippen MR) is 69.6 cm³/mol. The van der Waals surface area contributed by atoms with Gasteiger partial charge in [0.05, 0.1) is 23.4 Å². The zero-order chi connectivity index (χ0) is 14.1. The van der Waals surface area contributed by atoms with Crippen LogP contribution in [0, 0.1) is 11.3 Å². The molecule has 5 nitrogen and oxygen atoms in total. The Kier molecular flexibility index (Phi) is 2.77. The second-order valence-corrected chi connectivity index (χ2v) is 4.37. The Hall–Kier alpha value is -3.00. The standard InChI is InChI=1S/C15H9N3O2/c16-8-10-4-3-5-11(17-10)9-18-14(19)12-6-1-2-7-13(12)15(18)20/h1-7H,9H2. The SMILES string of the molecule is N#Cc1cccc(CN2C(=O)c3ccccc3C2=O)n1. The van der Waals surface area contributed by atoms with Gasteiger partial charge in [0.25, 0.3) is 11.8 Å². The van der Waals surface area contributed by atoms with Crippen molar-refractivity contribution >= 4 is 11.8 Å². The molecule has 1 aromatic carbocycles. The number of benzene rings is 1. The molecule has 2 heterocycles. The van der Waals surface area contributed by atoms with Crippen molar-refractivity contribution in [2.75, 3.05) is 0 Å². The highest BCUT2D eigenvalue weighted by molar-refractivity contribution is 6.21. The number of rotatable bonds is 2. The lowest BCUT2D eigenvalue weighted by atomic mass is 10.1. The van der Waals surface area contributed by atoms with Crippen molar-refractivity contribution in [1.29, 1.82) is 5.26 Å². The minimum absolute atomic E-state index is 0.0713. The summed E-state index contributed by atoms with van der Waals surface area (Å²) in [4.78, 5) is 29.6. The van der Waals surface area contributed by atoms with Gasteiger partial charge in [-0.3, -0.25) is 14.5 Å². The number of nitrogens with zero attached hydrogens (tertiary/aromatic N) is 3. The molecule has 2 amide bonds. The average molecular weight is 263 g/mol. The molecular weight excluding hydrogens is 254 g/mol. The van der Waals surface area contributed by atoms with E-state index in [9.17, 15) is 9.59 Å². The van der Waals surface area contributed by atoms with Crippen LogP contribution in [-0.4, -0.2) is 21.7 Å². The van der Waals surface area contributed by atoms with Gasteiger partial charge in [0.1, 0.15) is 11.8 Å². The highest BCUT2D eigenvalue weighted by atomic mass is 16.2. The van der Waals surface area contributed by atoms with Gasteiger partial charge in [0, 0.05) is 0 Å². The summed E-state index contributed by atoms with van der Waals surface area (Å²) in [5, 5.41) is 8.81. The number of nitriles is 1. The molecule has 0 radical (unpaired) electrons. The Morgan fingerprint density at radius 2 is 1.65 bits per heavy atom. The van der Waals surface area contributed by atoms with E-state index in [1.807, 2.05) is 6.07 Å². The highest BCUT2D eigenvalue weighted by Crippen LogP contribution is 2.23. The van der Waals surface area contributed by atoms with Gasteiger partial charge in [-0.15, -0.1) is 0 Å². The number of fused-ring (bicyclic) bond motifs is 1. The van der Waals surface area contributed by atoms with Crippen LogP contribution in [0.1, 0.15) is 32.1 Å². The maximum atomic E-state index is 12.2. The summed E-state index contributed by atoms with van der Waals surface area (Å²) in [6.07, 6.45) is 0. The molecule has 20 heavy (non-hydrogen) atoms. The van der Waals surface area contributed by atoms with Crippen LogP contribution in [0.15, 0.2) is 42.5 Å². The molecule has 0 saturated heterocycles. The molecule has 0 bridgehead atoms. The smallest absolute Gasteiger partial charge is 0.261 e. The van der Waals surface area contributed by atoms with Crippen LogP contribution < -0.4 is 0 Å². The Morgan fingerprint density at radius 3 is 2.25 bits per heavy atom. The Labute approximate surface area is 115 Å². The number of pyridine rings is 1. The van der Waals surface area contributed by atoms with Crippen LogP contribution in [0.2, 0.25) is 0 Å². The van der Waals surface area contributed by atoms with Crippen LogP contribution in [0.5, 0.6) is 0 Å². The number of aromatic nitrogens is 1. The van der Waals surface area contributed by atoms with E-state index < -0.39 is 0 Å². The van der Waals surface area contributed by atoms with E-state index in [1.54, 1.807) is 42.5 Å². The molecule has 0 saturated carbocycles. The molecule has 0 fully saturated rings. The van der Waals surface area contributed by atoms with Crippen molar-refractivity contribution in [1.82, 2.24) is 9.88 Å². The fourth-order valence-corrected chi connectivity index (χ4v) is 2.17. The van der Waals surface area contributed by atoms with Crippen LogP contribution in [-0.2, 0) is 6.54 Å². The first-order valence-electron chi connectivity index (χ1n) is 6.02. The average Bonchev–Trinajstić information content (AvgIpc) is 2.73. The molecule has 1 aliphatic rings. The molecule has 1 aliphatic heterocycles. The van der Waals surface area contributed by atoms with Crippen LogP contribution in [0.25, 0.3) is 0 Å². The lowest BCUT2D eigenvalue weighted by molar-refractivity contribution is 0.0640. The molecular formula is C15H9N3O2. The monoisotopic (exact) mass is 263 g/mol. The number of hydrogen-bond donors (Lipinski definition) is 0. The van der Waals surface area contributed by atoms with Crippen LogP contribution in [0.4, 0.5) is 0 Å². The molecule has 1 aromatic heterocycles. The van der Waals surface area contributed by atoms with Gasteiger partial charge < -0.3 is 0 Å². The van der Waals surface area contributed by atoms with Crippen LogP contribution in [0.3, 0.4) is 0 Å². The first-order valence-corrected chi connectivity index (χ1v) is 6.02. The topological polar surface area (TPSA) is 74.1 Å². The largest absolute Gasteiger partial charge is 0.269 e. The van der Waals surface area contributed by atoms with Crippen molar-refractivity contribution < 1.29 is 9.59 Å². The van der Waals surface area contributed by atoms with Gasteiger partial charge in [0.15, 0.2) is 0 Å². The fourth-order valence-electron chi connectivity index (χ4n) is 2.17. The minimum atomic E-state index is -0.324. The van der Waals surface area contributed by atoms with E-state index >= 15 is 0 Å². The number of hydrogen-bond acceptors (Lipinski definition) is 4. The zero-order valence-electron chi connectivity index (χ0n) is 10.4. The lowest BCUT2D eigenvalue weighted by Crippen LogP contribution is -2.29. The van der Waals surface area contributed by atoms with Crippen molar-refractivity contribution in [2.24, 2.45) is 0 Å². The van der Waals surface area contributed by atoms with Gasteiger partial charge in [-0.1, -0.05) is 18.2 Å². The molecule has 0 unspecified atom stereocenters. The van der Waals surface area contributed by atoms with Crippen molar-refractivity contribution in [3.05, 3.63) is 65.0 Å². The lowest BCUT2D eigenvalue weighted by Gasteiger charge is -2.13. The van der Waals surface area contributed by atoms with E-state index in [0.717, 1.165) is 4.90 Å². The van der Waals surface area contributed by atoms with E-state index in [2.05, 4.69) is 4.98 Å². The van der Waals surface area contributed by atoms with E-state index in [1.165, 1.54) is 0 Å². The molecule has 0 aliphatic carbocycles. The maximum Gasteiger partial charge on any atom is 0.261 e. The number of amides is 2. The van der Waals surface area contributed by atoms with E-state index in [0.29, 0.717) is 16.8 Å². The number of carbonyl (C=O) groups is 2. The van der Waals surface area contributed by atoms with Gasteiger partial charge in [-0.2, -0.15) is 5.26 Å². The number of imide groups is 1. The van der Waals surface area contributed by atoms with E-state index in [-0.39, 0.29) is 24.1 Å². The van der Waals surface area contributed by atoms with Gasteiger partial charge >= 0.3 is 0 Å². The molecule has 2 aromatic rings. The quantitative estimate of drug-likeness (QED) is 0.773. The molecule has 0 spiro atoms. The molecule has 96 valence electrons. The summed E-state index contributed by atoms with van der Waals surface area (Å²) in [5.74, 6) is -0.649. The van der Waals surface area contributed by atoms with Crippen molar-refractivity contribution in [3.8, 4) is 6.07 Å². The third-order valence-corrected chi connectivity index (χ3v) is 3.12. The van der Waals surface area contributed by atoms with E-state index in [4.69, 9.17) is 5.26 Å². The normalized spacial score (nSPS) is 13.2. The molecule has 3 rings (SSSR count). The third-order valence-electron chi connectivity index (χ3n) is 3.12. The minimum Gasteiger partial charge on any atom is -0.269 e. The van der Waals surface area contributed by atoms with Gasteiger partial charge in [-0.05, 0) is 24.3 Å². The zero-order valence-corrected chi connectivity index (χ0v) is 10.4. The summed E-state index contributed by atoms with van der Waals surface area (Å²) >= 11 is 0. The Bertz CT molecular complexity index is 727. The fraction of sp³-hybridized carbons (Fsp3) is 0.0667. The first-order chi connectivity index (χ1) is 9.70. The predicted octanol–water partition coefficient (Wildman–Crippen LogP) is 1.75. The molecule has 0 atom stereocenters. The summed E-state index contributed by atoms with van der Waals surface area (Å²) in [6.45, 7) is 0.0713.